The van der Waals surface area contributed by atoms with Gasteiger partial charge >= 0.3 is 5.97 Å². The molecule has 0 bridgehead atoms. The lowest BCUT2D eigenvalue weighted by Gasteiger charge is -2.12. The zero-order chi connectivity index (χ0) is 21.1. The number of rotatable bonds is 6. The molecular weight excluding hydrogens is 420 g/mol. The van der Waals surface area contributed by atoms with Gasteiger partial charge in [0.1, 0.15) is 10.0 Å². The number of carboxylic acid groups (broad SMARTS) is 1. The van der Waals surface area contributed by atoms with E-state index in [0.29, 0.717) is 14.9 Å². The van der Waals surface area contributed by atoms with Gasteiger partial charge in [-0.2, -0.15) is 5.10 Å². The molecule has 0 radical (unpaired) electrons. The van der Waals surface area contributed by atoms with E-state index in [1.54, 1.807) is 23.2 Å². The van der Waals surface area contributed by atoms with E-state index >= 15 is 0 Å². The maximum absolute atomic E-state index is 12.8. The molecule has 1 aliphatic heterocycles. The molecule has 4 rings (SSSR count). The Morgan fingerprint density at radius 2 is 2.00 bits per heavy atom. The second-order valence-corrected chi connectivity index (χ2v) is 8.11. The van der Waals surface area contributed by atoms with E-state index in [-0.39, 0.29) is 18.9 Å². The minimum Gasteiger partial charge on any atom is -0.481 e. The second kappa shape index (κ2) is 8.60. The zero-order valence-electron chi connectivity index (χ0n) is 15.6. The number of aromatic nitrogens is 3. The third kappa shape index (κ3) is 4.17. The summed E-state index contributed by atoms with van der Waals surface area (Å²) in [6.07, 6.45) is 6.83. The Kier molecular flexibility index (Phi) is 5.73. The van der Waals surface area contributed by atoms with Gasteiger partial charge < -0.3 is 5.11 Å². The molecule has 0 saturated carbocycles. The summed E-state index contributed by atoms with van der Waals surface area (Å²) in [5, 5.41) is 13.6. The molecule has 30 heavy (non-hydrogen) atoms. The van der Waals surface area contributed by atoms with Crippen LogP contribution in [0.5, 0.6) is 0 Å². The average Bonchev–Trinajstić information content (AvgIpc) is 3.29. The molecule has 0 spiro atoms. The van der Waals surface area contributed by atoms with Gasteiger partial charge in [-0.15, -0.1) is 0 Å². The molecule has 1 amide bonds. The van der Waals surface area contributed by atoms with Crippen molar-refractivity contribution < 1.29 is 14.7 Å². The number of carbonyl (C=O) groups is 2. The van der Waals surface area contributed by atoms with Crippen LogP contribution in [0.25, 0.3) is 23.0 Å². The van der Waals surface area contributed by atoms with Gasteiger partial charge in [0.15, 0.2) is 0 Å². The lowest BCUT2D eigenvalue weighted by molar-refractivity contribution is -0.137. The number of aliphatic carboxylic acids is 1. The molecule has 3 heterocycles. The number of hydrogen-bond acceptors (Lipinski definition) is 6. The average molecular weight is 437 g/mol. The number of benzene rings is 1. The Labute approximate surface area is 182 Å². The summed E-state index contributed by atoms with van der Waals surface area (Å²) in [4.78, 5) is 29.6. The largest absolute Gasteiger partial charge is 0.481 e. The first kappa shape index (κ1) is 20.0. The standard InChI is InChI=1S/C21H16N4O3S2/c26-18(27)8-10-24-20(28)17(30-21(24)29)11-15-13-25(16-6-2-1-3-7-16)23-19(15)14-5-4-9-22-12-14/h1-7,9,11-13H,8,10H2,(H,26,27)/b17-11+. The Balaban J connectivity index is 1.73. The molecular formula is C21H16N4O3S2. The topological polar surface area (TPSA) is 88.3 Å². The van der Waals surface area contributed by atoms with Crippen molar-refractivity contribution >= 4 is 46.3 Å². The van der Waals surface area contributed by atoms with Gasteiger partial charge in [-0.3, -0.25) is 19.5 Å². The number of para-hydroxylation sites is 1. The molecule has 1 aliphatic rings. The molecule has 0 atom stereocenters. The van der Waals surface area contributed by atoms with Crippen molar-refractivity contribution in [2.75, 3.05) is 6.54 Å². The van der Waals surface area contributed by atoms with E-state index in [4.69, 9.17) is 22.4 Å². The van der Waals surface area contributed by atoms with Gasteiger partial charge in [0.05, 0.1) is 17.0 Å². The molecule has 1 fully saturated rings. The van der Waals surface area contributed by atoms with Crippen LogP contribution in [-0.2, 0) is 9.59 Å². The van der Waals surface area contributed by atoms with Crippen LogP contribution in [0.4, 0.5) is 0 Å². The molecule has 7 nitrogen and oxygen atoms in total. The van der Waals surface area contributed by atoms with Crippen LogP contribution in [0.3, 0.4) is 0 Å². The Hall–Kier alpha value is -3.30. The minimum atomic E-state index is -0.976. The summed E-state index contributed by atoms with van der Waals surface area (Å²) < 4.78 is 2.10. The summed E-state index contributed by atoms with van der Waals surface area (Å²) in [5.74, 6) is -1.27. The van der Waals surface area contributed by atoms with E-state index in [0.717, 1.165) is 28.6 Å². The summed E-state index contributed by atoms with van der Waals surface area (Å²) in [7, 11) is 0. The highest BCUT2D eigenvalue weighted by atomic mass is 32.2. The van der Waals surface area contributed by atoms with E-state index < -0.39 is 5.97 Å². The molecule has 3 aromatic rings. The number of pyridine rings is 1. The first-order chi connectivity index (χ1) is 14.5. The predicted molar refractivity (Wildman–Crippen MR) is 119 cm³/mol. The van der Waals surface area contributed by atoms with Crippen LogP contribution >= 0.6 is 24.0 Å². The van der Waals surface area contributed by atoms with Crippen LogP contribution in [0.15, 0.2) is 66.0 Å². The van der Waals surface area contributed by atoms with Crippen LogP contribution < -0.4 is 0 Å². The third-order valence-electron chi connectivity index (χ3n) is 4.41. The fourth-order valence-corrected chi connectivity index (χ4v) is 4.27. The molecule has 2 aromatic heterocycles. The highest BCUT2D eigenvalue weighted by Crippen LogP contribution is 2.34. The van der Waals surface area contributed by atoms with Gasteiger partial charge in [0.25, 0.3) is 5.91 Å². The smallest absolute Gasteiger partial charge is 0.305 e. The SMILES string of the molecule is O=C(O)CCN1C(=O)/C(=C\c2cn(-c3ccccc3)nc2-c2cccnc2)SC1=S. The van der Waals surface area contributed by atoms with E-state index in [1.165, 1.54) is 4.90 Å². The number of thiocarbonyl (C=S) groups is 1. The van der Waals surface area contributed by atoms with Crippen LogP contribution in [0, 0.1) is 0 Å². The monoisotopic (exact) mass is 436 g/mol. The van der Waals surface area contributed by atoms with Crippen molar-refractivity contribution in [2.45, 2.75) is 6.42 Å². The van der Waals surface area contributed by atoms with E-state index in [9.17, 15) is 9.59 Å². The van der Waals surface area contributed by atoms with Crippen LogP contribution in [0.1, 0.15) is 12.0 Å². The zero-order valence-corrected chi connectivity index (χ0v) is 17.3. The highest BCUT2D eigenvalue weighted by Gasteiger charge is 2.32. The predicted octanol–water partition coefficient (Wildman–Crippen LogP) is 3.61. The van der Waals surface area contributed by atoms with Gasteiger partial charge in [0, 0.05) is 36.3 Å². The Morgan fingerprint density at radius 1 is 1.20 bits per heavy atom. The minimum absolute atomic E-state index is 0.0517. The van der Waals surface area contributed by atoms with Gasteiger partial charge in [-0.05, 0) is 30.3 Å². The van der Waals surface area contributed by atoms with Crippen molar-refractivity contribution in [3.63, 3.8) is 0 Å². The second-order valence-electron chi connectivity index (χ2n) is 6.43. The van der Waals surface area contributed by atoms with E-state index in [2.05, 4.69) is 4.98 Å². The molecule has 9 heteroatoms. The Bertz CT molecular complexity index is 1140. The van der Waals surface area contributed by atoms with Crippen molar-refractivity contribution in [3.05, 3.63) is 71.5 Å². The molecule has 0 aliphatic carbocycles. The number of nitrogens with zero attached hydrogens (tertiary/aromatic N) is 4. The number of carbonyl (C=O) groups excluding carboxylic acids is 1. The van der Waals surface area contributed by atoms with E-state index in [1.807, 2.05) is 48.7 Å². The van der Waals surface area contributed by atoms with Crippen molar-refractivity contribution in [3.8, 4) is 16.9 Å². The van der Waals surface area contributed by atoms with Crippen LogP contribution in [-0.4, -0.2) is 47.5 Å². The van der Waals surface area contributed by atoms with Gasteiger partial charge in [-0.25, -0.2) is 4.68 Å². The molecule has 1 saturated heterocycles. The first-order valence-electron chi connectivity index (χ1n) is 9.05. The molecule has 0 unspecified atom stereocenters. The van der Waals surface area contributed by atoms with Crippen LogP contribution in [0.2, 0.25) is 0 Å². The number of amides is 1. The number of carboxylic acids is 1. The Morgan fingerprint density at radius 3 is 2.70 bits per heavy atom. The quantitative estimate of drug-likeness (QED) is 0.466. The summed E-state index contributed by atoms with van der Waals surface area (Å²) >= 11 is 6.43. The third-order valence-corrected chi connectivity index (χ3v) is 5.79. The maximum Gasteiger partial charge on any atom is 0.305 e. The fourth-order valence-electron chi connectivity index (χ4n) is 2.97. The lowest BCUT2D eigenvalue weighted by atomic mass is 10.1. The summed E-state index contributed by atoms with van der Waals surface area (Å²) in [5.41, 5.74) is 3.13. The summed E-state index contributed by atoms with van der Waals surface area (Å²) in [6, 6.07) is 13.4. The maximum atomic E-state index is 12.8. The number of hydrogen-bond donors (Lipinski definition) is 1. The normalized spacial score (nSPS) is 15.2. The molecule has 1 N–H and O–H groups in total. The van der Waals surface area contributed by atoms with Gasteiger partial charge in [-0.1, -0.05) is 42.2 Å². The van der Waals surface area contributed by atoms with Crippen molar-refractivity contribution in [1.82, 2.24) is 19.7 Å². The fraction of sp³-hybridized carbons (Fsp3) is 0.0952. The molecule has 1 aromatic carbocycles. The van der Waals surface area contributed by atoms with Crippen molar-refractivity contribution in [2.24, 2.45) is 0 Å². The molecule has 150 valence electrons. The number of thioether (sulfide) groups is 1. The first-order valence-corrected chi connectivity index (χ1v) is 10.3. The highest BCUT2D eigenvalue weighted by molar-refractivity contribution is 8.26. The lowest BCUT2D eigenvalue weighted by Crippen LogP contribution is -2.30. The van der Waals surface area contributed by atoms with Gasteiger partial charge in [0.2, 0.25) is 0 Å². The summed E-state index contributed by atoms with van der Waals surface area (Å²) in [6.45, 7) is 0.0517. The van der Waals surface area contributed by atoms with Crippen molar-refractivity contribution in [1.29, 1.82) is 0 Å².